The second-order valence-electron chi connectivity index (χ2n) is 7.07. The maximum absolute atomic E-state index is 13.3. The van der Waals surface area contributed by atoms with E-state index in [1.54, 1.807) is 24.3 Å². The van der Waals surface area contributed by atoms with Gasteiger partial charge in [0.25, 0.3) is 0 Å². The van der Waals surface area contributed by atoms with Crippen molar-refractivity contribution in [3.63, 3.8) is 0 Å². The number of hydrogen-bond donors (Lipinski definition) is 0. The number of carbonyl (C=O) groups excluding carboxylic acids is 1. The Labute approximate surface area is 164 Å². The van der Waals surface area contributed by atoms with Crippen molar-refractivity contribution < 1.29 is 18.7 Å². The molecule has 0 spiro atoms. The Morgan fingerprint density at radius 1 is 0.893 bits per heavy atom. The highest BCUT2D eigenvalue weighted by Gasteiger charge is 2.20. The Hall–Kier alpha value is -2.87. The predicted octanol–water partition coefficient (Wildman–Crippen LogP) is 4.43. The molecule has 1 fully saturated rings. The molecule has 1 aliphatic carbocycles. The van der Waals surface area contributed by atoms with Crippen LogP contribution in [0.4, 0.5) is 13.6 Å². The highest BCUT2D eigenvalue weighted by atomic mass is 19.1. The van der Waals surface area contributed by atoms with Crippen LogP contribution in [0.3, 0.4) is 0 Å². The van der Waals surface area contributed by atoms with Crippen LogP contribution in [0.25, 0.3) is 0 Å². The lowest BCUT2D eigenvalue weighted by molar-refractivity contribution is -0.263. The van der Waals surface area contributed by atoms with Gasteiger partial charge in [0.1, 0.15) is 17.7 Å². The number of carboxylic acid groups (broad SMARTS) is 1. The molecule has 3 rings (SSSR count). The van der Waals surface area contributed by atoms with Crippen molar-refractivity contribution in [1.29, 1.82) is 0 Å². The minimum Gasteiger partial charge on any atom is -0.529 e. The van der Waals surface area contributed by atoms with Crippen molar-refractivity contribution >= 4 is 6.09 Å². The third-order valence-electron chi connectivity index (χ3n) is 5.12. The van der Waals surface area contributed by atoms with Crippen molar-refractivity contribution in [2.24, 2.45) is 0 Å². The van der Waals surface area contributed by atoms with E-state index in [2.05, 4.69) is 12.0 Å². The molecule has 1 amide bonds. The van der Waals surface area contributed by atoms with E-state index in [9.17, 15) is 18.7 Å². The van der Waals surface area contributed by atoms with Gasteiger partial charge in [-0.1, -0.05) is 55.9 Å². The molecule has 2 aromatic carbocycles. The van der Waals surface area contributed by atoms with Gasteiger partial charge in [-0.25, -0.2) is 8.78 Å². The van der Waals surface area contributed by atoms with Gasteiger partial charge in [0.2, 0.25) is 0 Å². The van der Waals surface area contributed by atoms with E-state index in [0.717, 1.165) is 43.4 Å². The summed E-state index contributed by atoms with van der Waals surface area (Å²) in [6.07, 6.45) is 4.35. The average molecular weight is 382 g/mol. The average Bonchev–Trinajstić information content (AvgIpc) is 2.96. The SMILES string of the molecule is O=C([O-])N(C#CC(c1ccc(F)cc1)c1ccc(F)cc1)C1CCCCCC1. The maximum Gasteiger partial charge on any atom is 0.149 e. The number of carbonyl (C=O) groups is 1. The summed E-state index contributed by atoms with van der Waals surface area (Å²) in [5, 5.41) is 11.7. The lowest BCUT2D eigenvalue weighted by Gasteiger charge is -2.28. The summed E-state index contributed by atoms with van der Waals surface area (Å²) >= 11 is 0. The monoisotopic (exact) mass is 382 g/mol. The van der Waals surface area contributed by atoms with E-state index in [1.807, 2.05) is 0 Å². The zero-order valence-corrected chi connectivity index (χ0v) is 15.5. The van der Waals surface area contributed by atoms with E-state index >= 15 is 0 Å². The molecule has 28 heavy (non-hydrogen) atoms. The fraction of sp³-hybridized carbons (Fsp3) is 0.348. The molecular weight excluding hydrogens is 360 g/mol. The zero-order valence-electron chi connectivity index (χ0n) is 15.5. The fourth-order valence-corrected chi connectivity index (χ4v) is 3.61. The molecule has 5 heteroatoms. The van der Waals surface area contributed by atoms with Crippen LogP contribution in [-0.2, 0) is 0 Å². The normalized spacial score (nSPS) is 14.8. The van der Waals surface area contributed by atoms with Crippen molar-refractivity contribution in [3.8, 4) is 12.0 Å². The first kappa shape index (κ1) is 19.9. The highest BCUT2D eigenvalue weighted by molar-refractivity contribution is 5.66. The molecule has 2 aromatic rings. The van der Waals surface area contributed by atoms with Gasteiger partial charge in [-0.15, -0.1) is 0 Å². The van der Waals surface area contributed by atoms with Gasteiger partial charge < -0.3 is 9.90 Å². The van der Waals surface area contributed by atoms with Crippen LogP contribution >= 0.6 is 0 Å². The van der Waals surface area contributed by atoms with Crippen molar-refractivity contribution in [2.75, 3.05) is 0 Å². The van der Waals surface area contributed by atoms with Crippen LogP contribution in [0.2, 0.25) is 0 Å². The standard InChI is InChI=1S/C23H23F2NO2/c24-19-11-7-17(8-12-19)22(18-9-13-20(25)14-10-18)15-16-26(23(27)28)21-5-3-1-2-4-6-21/h7-14,21-22H,1-6H2,(H,27,28)/p-1. The molecule has 0 bridgehead atoms. The Kier molecular flexibility index (Phi) is 6.65. The molecule has 3 nitrogen and oxygen atoms in total. The van der Waals surface area contributed by atoms with Gasteiger partial charge in [0.05, 0.1) is 5.92 Å². The Balaban J connectivity index is 1.94. The molecular formula is C23H22F2NO2-. The van der Waals surface area contributed by atoms with Gasteiger partial charge in [0.15, 0.2) is 0 Å². The topological polar surface area (TPSA) is 43.4 Å². The molecule has 0 N–H and O–H groups in total. The smallest absolute Gasteiger partial charge is 0.149 e. The second kappa shape index (κ2) is 9.36. The van der Waals surface area contributed by atoms with Crippen LogP contribution in [0.1, 0.15) is 55.6 Å². The summed E-state index contributed by atoms with van der Waals surface area (Å²) < 4.78 is 26.7. The molecule has 0 aromatic heterocycles. The summed E-state index contributed by atoms with van der Waals surface area (Å²) in [5.41, 5.74) is 1.42. The van der Waals surface area contributed by atoms with Crippen LogP contribution in [0.5, 0.6) is 0 Å². The molecule has 146 valence electrons. The lowest BCUT2D eigenvalue weighted by atomic mass is 9.92. The number of hydrogen-bond acceptors (Lipinski definition) is 2. The number of halogens is 2. The van der Waals surface area contributed by atoms with Gasteiger partial charge in [-0.05, 0) is 48.2 Å². The van der Waals surface area contributed by atoms with Crippen LogP contribution in [0, 0.1) is 23.6 Å². The molecule has 0 unspecified atom stereocenters. The van der Waals surface area contributed by atoms with Crippen molar-refractivity contribution in [1.82, 2.24) is 4.90 Å². The summed E-state index contributed by atoms with van der Waals surface area (Å²) in [5.74, 6) is 1.75. The molecule has 1 saturated carbocycles. The zero-order chi connectivity index (χ0) is 19.9. The van der Waals surface area contributed by atoms with E-state index in [0.29, 0.717) is 11.1 Å². The first-order valence-electron chi connectivity index (χ1n) is 9.57. The van der Waals surface area contributed by atoms with Crippen molar-refractivity contribution in [2.45, 2.75) is 50.5 Å². The van der Waals surface area contributed by atoms with Gasteiger partial charge in [-0.2, -0.15) is 0 Å². The minimum absolute atomic E-state index is 0.179. The summed E-state index contributed by atoms with van der Waals surface area (Å²) in [6, 6.07) is 14.3. The molecule has 0 radical (unpaired) electrons. The Bertz CT molecular complexity index is 799. The summed E-state index contributed by atoms with van der Waals surface area (Å²) in [4.78, 5) is 12.8. The van der Waals surface area contributed by atoms with Crippen molar-refractivity contribution in [3.05, 3.63) is 71.3 Å². The third-order valence-corrected chi connectivity index (χ3v) is 5.12. The first-order chi connectivity index (χ1) is 13.5. The molecule has 1 aliphatic rings. The largest absolute Gasteiger partial charge is 0.529 e. The minimum atomic E-state index is -1.31. The fourth-order valence-electron chi connectivity index (χ4n) is 3.61. The quantitative estimate of drug-likeness (QED) is 0.448. The Morgan fingerprint density at radius 2 is 1.36 bits per heavy atom. The van der Waals surface area contributed by atoms with Crippen LogP contribution in [0.15, 0.2) is 48.5 Å². The molecule has 0 atom stereocenters. The highest BCUT2D eigenvalue weighted by Crippen LogP contribution is 2.26. The lowest BCUT2D eigenvalue weighted by Crippen LogP contribution is -2.44. The third kappa shape index (κ3) is 5.10. The van der Waals surface area contributed by atoms with Crippen LogP contribution in [-0.4, -0.2) is 17.0 Å². The van der Waals surface area contributed by atoms with E-state index in [4.69, 9.17) is 0 Å². The number of rotatable bonds is 3. The predicted molar refractivity (Wildman–Crippen MR) is 101 cm³/mol. The molecule has 0 heterocycles. The second-order valence-corrected chi connectivity index (χ2v) is 7.07. The van der Waals surface area contributed by atoms with E-state index in [1.165, 1.54) is 24.3 Å². The Morgan fingerprint density at radius 3 is 1.79 bits per heavy atom. The number of benzene rings is 2. The summed E-state index contributed by atoms with van der Waals surface area (Å²) in [7, 11) is 0. The number of amides is 1. The van der Waals surface area contributed by atoms with Gasteiger partial charge in [-0.3, -0.25) is 4.90 Å². The van der Waals surface area contributed by atoms with Gasteiger partial charge in [0, 0.05) is 12.1 Å². The maximum atomic E-state index is 13.3. The molecule has 0 saturated heterocycles. The summed E-state index contributed by atoms with van der Waals surface area (Å²) in [6.45, 7) is 0. The van der Waals surface area contributed by atoms with E-state index < -0.39 is 12.0 Å². The number of nitrogens with zero attached hydrogens (tertiary/aromatic N) is 1. The van der Waals surface area contributed by atoms with E-state index in [-0.39, 0.29) is 17.7 Å². The molecule has 0 aliphatic heterocycles. The first-order valence-corrected chi connectivity index (χ1v) is 9.57. The van der Waals surface area contributed by atoms with Crippen LogP contribution < -0.4 is 5.11 Å². The van der Waals surface area contributed by atoms with Gasteiger partial charge >= 0.3 is 0 Å².